The highest BCUT2D eigenvalue weighted by atomic mass is 19.1. The minimum atomic E-state index is -0.863. The van der Waals surface area contributed by atoms with Gasteiger partial charge in [0.2, 0.25) is 12.1 Å². The molecule has 2 amide bonds. The molecule has 0 spiro atoms. The zero-order valence-corrected chi connectivity index (χ0v) is 23.4. The van der Waals surface area contributed by atoms with E-state index in [2.05, 4.69) is 34.6 Å². The van der Waals surface area contributed by atoms with Crippen LogP contribution in [-0.4, -0.2) is 34.0 Å². The Bertz CT molecular complexity index is 1730. The number of carbonyl (C=O) groups excluding carboxylic acids is 2. The van der Waals surface area contributed by atoms with Crippen LogP contribution >= 0.6 is 0 Å². The third-order valence-corrected chi connectivity index (χ3v) is 7.13. The van der Waals surface area contributed by atoms with Crippen LogP contribution in [0.4, 0.5) is 4.39 Å². The molecule has 5 aromatic rings. The number of rotatable bonds is 8. The van der Waals surface area contributed by atoms with Crippen LogP contribution in [0.15, 0.2) is 69.9 Å². The predicted molar refractivity (Wildman–Crippen MR) is 152 cm³/mol. The summed E-state index contributed by atoms with van der Waals surface area (Å²) in [4.78, 5) is 35.3. The quantitative estimate of drug-likeness (QED) is 0.233. The predicted octanol–water partition coefficient (Wildman–Crippen LogP) is 6.22. The van der Waals surface area contributed by atoms with Gasteiger partial charge in [-0.2, -0.15) is 4.98 Å². The number of nitrogens with one attached hydrogen (secondary N) is 2. The lowest BCUT2D eigenvalue weighted by molar-refractivity contribution is 0.0906. The molecule has 9 nitrogen and oxygen atoms in total. The fourth-order valence-corrected chi connectivity index (χ4v) is 4.68. The van der Waals surface area contributed by atoms with Crippen LogP contribution in [0.1, 0.15) is 72.3 Å². The average Bonchev–Trinajstić information content (AvgIpc) is 3.65. The number of pyridine rings is 1. The maximum absolute atomic E-state index is 13.6. The van der Waals surface area contributed by atoms with Gasteiger partial charge in [-0.15, -0.1) is 0 Å². The molecule has 10 heteroatoms. The van der Waals surface area contributed by atoms with Crippen molar-refractivity contribution >= 4 is 22.9 Å². The second kappa shape index (κ2) is 11.0. The SMILES string of the molecule is CCC(C)c1nc2oc(-c3ccc(F)cc3)c(C(=O)NC)c2cc1-c1cccc(C(=O)NC(C)(C)c2ncon2)c1. The van der Waals surface area contributed by atoms with E-state index in [0.29, 0.717) is 39.4 Å². The van der Waals surface area contributed by atoms with E-state index in [-0.39, 0.29) is 17.7 Å². The second-order valence-corrected chi connectivity index (χ2v) is 10.4. The van der Waals surface area contributed by atoms with Gasteiger partial charge >= 0.3 is 0 Å². The molecule has 0 aliphatic heterocycles. The Balaban J connectivity index is 1.64. The molecule has 210 valence electrons. The smallest absolute Gasteiger partial charge is 0.255 e. The number of amides is 2. The van der Waals surface area contributed by atoms with Crippen LogP contribution < -0.4 is 10.6 Å². The molecule has 0 saturated carbocycles. The van der Waals surface area contributed by atoms with Crippen LogP contribution in [0.25, 0.3) is 33.6 Å². The van der Waals surface area contributed by atoms with E-state index >= 15 is 0 Å². The maximum atomic E-state index is 13.6. The summed E-state index contributed by atoms with van der Waals surface area (Å²) >= 11 is 0. The standard InChI is InChI=1S/C31H30FN5O4/c1-6-17(2)25-22(19-8-7-9-20(14-19)27(38)36-31(3,4)30-34-16-40-37-30)15-23-24(28(39)33-5)26(41-29(23)35-25)18-10-12-21(32)13-11-18/h7-17H,6H2,1-5H3,(H,33,39)(H,36,38). The van der Waals surface area contributed by atoms with Crippen molar-refractivity contribution < 1.29 is 22.9 Å². The van der Waals surface area contributed by atoms with Crippen molar-refractivity contribution in [3.05, 3.63) is 89.5 Å². The number of fused-ring (bicyclic) bond motifs is 1. The lowest BCUT2D eigenvalue weighted by atomic mass is 9.92. The van der Waals surface area contributed by atoms with E-state index < -0.39 is 11.4 Å². The van der Waals surface area contributed by atoms with Crippen molar-refractivity contribution in [3.63, 3.8) is 0 Å². The summed E-state index contributed by atoms with van der Waals surface area (Å²) in [6, 6.07) is 14.8. The van der Waals surface area contributed by atoms with Crippen molar-refractivity contribution in [1.29, 1.82) is 0 Å². The summed E-state index contributed by atoms with van der Waals surface area (Å²) in [7, 11) is 1.54. The Hall–Kier alpha value is -4.86. The summed E-state index contributed by atoms with van der Waals surface area (Å²) in [5.41, 5.74) is 3.03. The maximum Gasteiger partial charge on any atom is 0.255 e. The lowest BCUT2D eigenvalue weighted by Crippen LogP contribution is -2.41. The molecule has 41 heavy (non-hydrogen) atoms. The molecule has 1 atom stereocenters. The first-order valence-electron chi connectivity index (χ1n) is 13.3. The fraction of sp³-hybridized carbons (Fsp3) is 0.258. The van der Waals surface area contributed by atoms with Gasteiger partial charge in [0, 0.05) is 23.7 Å². The van der Waals surface area contributed by atoms with E-state index in [9.17, 15) is 14.0 Å². The van der Waals surface area contributed by atoms with Gasteiger partial charge in [0.15, 0.2) is 5.82 Å². The second-order valence-electron chi connectivity index (χ2n) is 10.4. The van der Waals surface area contributed by atoms with Crippen LogP contribution in [0.3, 0.4) is 0 Å². The number of nitrogens with zero attached hydrogens (tertiary/aromatic N) is 3. The molecule has 0 aliphatic rings. The van der Waals surface area contributed by atoms with Gasteiger partial charge in [-0.1, -0.05) is 31.1 Å². The van der Waals surface area contributed by atoms with E-state index in [1.165, 1.54) is 25.6 Å². The Morgan fingerprint density at radius 3 is 2.46 bits per heavy atom. The fourth-order valence-electron chi connectivity index (χ4n) is 4.68. The highest BCUT2D eigenvalue weighted by molar-refractivity contribution is 6.11. The Morgan fingerprint density at radius 1 is 1.05 bits per heavy atom. The molecular formula is C31H30FN5O4. The van der Waals surface area contributed by atoms with Crippen molar-refractivity contribution in [1.82, 2.24) is 25.8 Å². The lowest BCUT2D eigenvalue weighted by Gasteiger charge is -2.22. The molecule has 1 unspecified atom stereocenters. The highest BCUT2D eigenvalue weighted by Crippen LogP contribution is 2.39. The number of hydrogen-bond donors (Lipinski definition) is 2. The van der Waals surface area contributed by atoms with E-state index in [1.54, 1.807) is 44.2 Å². The Morgan fingerprint density at radius 2 is 1.80 bits per heavy atom. The molecular weight excluding hydrogens is 525 g/mol. The number of furan rings is 1. The van der Waals surface area contributed by atoms with E-state index in [1.807, 2.05) is 12.1 Å². The highest BCUT2D eigenvalue weighted by Gasteiger charge is 2.29. The molecule has 0 saturated heterocycles. The Labute approximate surface area is 236 Å². The van der Waals surface area contributed by atoms with Crippen LogP contribution in [0, 0.1) is 5.82 Å². The molecule has 3 heterocycles. The van der Waals surface area contributed by atoms with Gasteiger partial charge < -0.3 is 19.6 Å². The summed E-state index contributed by atoms with van der Waals surface area (Å²) in [5.74, 6) is -0.356. The molecule has 0 fully saturated rings. The van der Waals surface area contributed by atoms with Gasteiger partial charge in [-0.05, 0) is 74.2 Å². The normalized spacial score (nSPS) is 12.3. The molecule has 5 rings (SSSR count). The van der Waals surface area contributed by atoms with Crippen molar-refractivity contribution in [2.75, 3.05) is 7.05 Å². The molecule has 0 radical (unpaired) electrons. The first-order chi connectivity index (χ1) is 19.6. The number of benzene rings is 2. The van der Waals surface area contributed by atoms with Gasteiger partial charge in [-0.25, -0.2) is 9.37 Å². The number of carbonyl (C=O) groups is 2. The minimum absolute atomic E-state index is 0.0480. The van der Waals surface area contributed by atoms with Gasteiger partial charge in [0.25, 0.3) is 11.8 Å². The minimum Gasteiger partial charge on any atom is -0.437 e. The summed E-state index contributed by atoms with van der Waals surface area (Å²) in [6.45, 7) is 7.70. The topological polar surface area (TPSA) is 123 Å². The number of hydrogen-bond acceptors (Lipinski definition) is 7. The van der Waals surface area contributed by atoms with Crippen molar-refractivity contribution in [3.8, 4) is 22.5 Å². The molecule has 0 aliphatic carbocycles. The largest absolute Gasteiger partial charge is 0.437 e. The number of halogens is 1. The zero-order valence-electron chi connectivity index (χ0n) is 23.4. The van der Waals surface area contributed by atoms with Gasteiger partial charge in [0.1, 0.15) is 11.6 Å². The molecule has 2 N–H and O–H groups in total. The van der Waals surface area contributed by atoms with Crippen LogP contribution in [-0.2, 0) is 5.54 Å². The third-order valence-electron chi connectivity index (χ3n) is 7.13. The molecule has 3 aromatic heterocycles. The van der Waals surface area contributed by atoms with Crippen LogP contribution in [0.5, 0.6) is 0 Å². The van der Waals surface area contributed by atoms with E-state index in [0.717, 1.165) is 23.2 Å². The monoisotopic (exact) mass is 555 g/mol. The van der Waals surface area contributed by atoms with Crippen LogP contribution in [0.2, 0.25) is 0 Å². The average molecular weight is 556 g/mol. The van der Waals surface area contributed by atoms with Crippen molar-refractivity contribution in [2.24, 2.45) is 0 Å². The van der Waals surface area contributed by atoms with E-state index in [4.69, 9.17) is 13.9 Å². The zero-order chi connectivity index (χ0) is 29.3. The molecule has 0 bridgehead atoms. The van der Waals surface area contributed by atoms with Crippen molar-refractivity contribution in [2.45, 2.75) is 45.6 Å². The van der Waals surface area contributed by atoms with Gasteiger partial charge in [-0.3, -0.25) is 9.59 Å². The first-order valence-corrected chi connectivity index (χ1v) is 13.3. The van der Waals surface area contributed by atoms with Gasteiger partial charge in [0.05, 0.1) is 22.2 Å². The molecule has 2 aromatic carbocycles. The summed E-state index contributed by atoms with van der Waals surface area (Å²) in [6.07, 6.45) is 2.02. The number of aromatic nitrogens is 3. The summed E-state index contributed by atoms with van der Waals surface area (Å²) < 4.78 is 24.6. The third kappa shape index (κ3) is 5.32. The first kappa shape index (κ1) is 27.7. The Kier molecular flexibility index (Phi) is 7.40. The summed E-state index contributed by atoms with van der Waals surface area (Å²) in [5, 5.41) is 10.0.